The van der Waals surface area contributed by atoms with E-state index in [2.05, 4.69) is 6.07 Å². The third-order valence-corrected chi connectivity index (χ3v) is 7.88. The van der Waals surface area contributed by atoms with E-state index in [-0.39, 0.29) is 23.0 Å². The molecule has 0 radical (unpaired) electrons. The van der Waals surface area contributed by atoms with Gasteiger partial charge in [-0.2, -0.15) is 5.26 Å². The molecule has 1 aromatic heterocycles. The summed E-state index contributed by atoms with van der Waals surface area (Å²) in [6, 6.07) is 25.1. The average Bonchev–Trinajstić information content (AvgIpc) is 3.36. The largest absolute Gasteiger partial charge is 0.490 e. The molecule has 0 saturated carbocycles. The minimum absolute atomic E-state index is 0.0514. The number of allylic oxidation sites excluding steroid dienone is 1. The number of fused-ring (bicyclic) bond motifs is 2. The monoisotopic (exact) mass is 640 g/mol. The van der Waals surface area contributed by atoms with Gasteiger partial charge >= 0.3 is 5.97 Å². The summed E-state index contributed by atoms with van der Waals surface area (Å²) in [5, 5.41) is 12.0. The Labute approximate surface area is 269 Å². The predicted molar refractivity (Wildman–Crippen MR) is 170 cm³/mol. The SMILES string of the molecule is CCOc1cc(C2C(C#N)=C(N)Oc3cc(OC(=O)c4oc5ccc(Cl)cc5c4C)ccc32)ccc1OCc1ccc(Cl)cc1. The summed E-state index contributed by atoms with van der Waals surface area (Å²) in [6.07, 6.45) is 0. The molecule has 226 valence electrons. The van der Waals surface area contributed by atoms with Gasteiger partial charge in [-0.25, -0.2) is 4.79 Å². The lowest BCUT2D eigenvalue weighted by molar-refractivity contribution is 0.0702. The zero-order chi connectivity index (χ0) is 31.7. The van der Waals surface area contributed by atoms with Gasteiger partial charge in [-0.05, 0) is 73.5 Å². The number of nitriles is 1. The molecule has 2 N–H and O–H groups in total. The van der Waals surface area contributed by atoms with Gasteiger partial charge in [0, 0.05) is 32.6 Å². The van der Waals surface area contributed by atoms with Crippen LogP contribution in [0.1, 0.15) is 45.7 Å². The zero-order valence-electron chi connectivity index (χ0n) is 24.2. The first-order valence-electron chi connectivity index (χ1n) is 14.0. The van der Waals surface area contributed by atoms with Crippen LogP contribution in [0, 0.1) is 18.3 Å². The van der Waals surface area contributed by atoms with Gasteiger partial charge in [0.15, 0.2) is 11.5 Å². The lowest BCUT2D eigenvalue weighted by atomic mass is 9.83. The second kappa shape index (κ2) is 12.5. The molecule has 6 rings (SSSR count). The number of aryl methyl sites for hydroxylation is 1. The fourth-order valence-corrected chi connectivity index (χ4v) is 5.51. The Hall–Kier alpha value is -5.10. The maximum atomic E-state index is 13.1. The molecule has 0 aliphatic carbocycles. The van der Waals surface area contributed by atoms with Crippen LogP contribution >= 0.6 is 23.2 Å². The summed E-state index contributed by atoms with van der Waals surface area (Å²) >= 11 is 12.1. The van der Waals surface area contributed by atoms with Crippen molar-refractivity contribution in [3.05, 3.63) is 128 Å². The Morgan fingerprint density at radius 2 is 1.73 bits per heavy atom. The van der Waals surface area contributed by atoms with Crippen molar-refractivity contribution in [2.75, 3.05) is 6.61 Å². The first-order valence-corrected chi connectivity index (χ1v) is 14.8. The highest BCUT2D eigenvalue weighted by atomic mass is 35.5. The maximum Gasteiger partial charge on any atom is 0.379 e. The number of hydrogen-bond donors (Lipinski definition) is 1. The Bertz CT molecular complexity index is 2010. The van der Waals surface area contributed by atoms with E-state index >= 15 is 0 Å². The highest BCUT2D eigenvalue weighted by molar-refractivity contribution is 6.31. The van der Waals surface area contributed by atoms with Crippen molar-refractivity contribution in [3.8, 4) is 29.1 Å². The Morgan fingerprint density at radius 3 is 2.49 bits per heavy atom. The first-order chi connectivity index (χ1) is 21.7. The summed E-state index contributed by atoms with van der Waals surface area (Å²) in [5.41, 5.74) is 9.96. The van der Waals surface area contributed by atoms with Gasteiger partial charge in [0.2, 0.25) is 11.6 Å². The first kappa shape index (κ1) is 29.9. The third-order valence-electron chi connectivity index (χ3n) is 7.39. The van der Waals surface area contributed by atoms with E-state index in [1.54, 1.807) is 61.5 Å². The van der Waals surface area contributed by atoms with Gasteiger partial charge in [-0.1, -0.05) is 47.5 Å². The number of furan rings is 1. The van der Waals surface area contributed by atoms with Crippen LogP contribution in [0.2, 0.25) is 10.0 Å². The minimum atomic E-state index is -0.677. The van der Waals surface area contributed by atoms with Crippen LogP contribution in [0.4, 0.5) is 0 Å². The molecule has 0 bridgehead atoms. The van der Waals surface area contributed by atoms with Gasteiger partial charge in [-0.3, -0.25) is 0 Å². The molecule has 1 aliphatic rings. The van der Waals surface area contributed by atoms with Crippen LogP contribution in [0.5, 0.6) is 23.0 Å². The van der Waals surface area contributed by atoms with Gasteiger partial charge in [-0.15, -0.1) is 0 Å². The van der Waals surface area contributed by atoms with Crippen molar-refractivity contribution in [1.29, 1.82) is 5.26 Å². The molecular formula is C35H26Cl2N2O6. The van der Waals surface area contributed by atoms with Crippen molar-refractivity contribution < 1.29 is 28.2 Å². The Balaban J connectivity index is 1.29. The summed E-state index contributed by atoms with van der Waals surface area (Å²) < 4.78 is 29.2. The summed E-state index contributed by atoms with van der Waals surface area (Å²) in [4.78, 5) is 13.1. The van der Waals surface area contributed by atoms with E-state index in [4.69, 9.17) is 52.3 Å². The fourth-order valence-electron chi connectivity index (χ4n) is 5.22. The molecule has 5 aromatic rings. The van der Waals surface area contributed by atoms with Crippen molar-refractivity contribution in [1.82, 2.24) is 0 Å². The molecule has 10 heteroatoms. The molecule has 1 atom stereocenters. The molecule has 0 saturated heterocycles. The molecule has 0 fully saturated rings. The number of benzene rings is 4. The lowest BCUT2D eigenvalue weighted by Crippen LogP contribution is -2.21. The van der Waals surface area contributed by atoms with Gasteiger partial charge in [0.25, 0.3) is 0 Å². The topological polar surface area (TPSA) is 117 Å². The number of nitrogens with zero attached hydrogens (tertiary/aromatic N) is 1. The number of hydrogen-bond acceptors (Lipinski definition) is 8. The fraction of sp³-hybridized carbons (Fsp3) is 0.143. The number of ether oxygens (including phenoxy) is 4. The molecule has 1 aliphatic heterocycles. The van der Waals surface area contributed by atoms with Crippen molar-refractivity contribution >= 4 is 40.1 Å². The van der Waals surface area contributed by atoms with Gasteiger partial charge < -0.3 is 29.1 Å². The quantitative estimate of drug-likeness (QED) is 0.133. The lowest BCUT2D eigenvalue weighted by Gasteiger charge is -2.27. The van der Waals surface area contributed by atoms with Crippen molar-refractivity contribution in [2.24, 2.45) is 5.73 Å². The minimum Gasteiger partial charge on any atom is -0.490 e. The normalized spacial score (nSPS) is 14.0. The van der Waals surface area contributed by atoms with Crippen LogP contribution in [0.3, 0.4) is 0 Å². The molecule has 1 unspecified atom stereocenters. The van der Waals surface area contributed by atoms with Crippen LogP contribution in [0.25, 0.3) is 11.0 Å². The second-order valence-corrected chi connectivity index (χ2v) is 11.1. The second-order valence-electron chi connectivity index (χ2n) is 10.3. The van der Waals surface area contributed by atoms with Crippen LogP contribution < -0.4 is 24.7 Å². The van der Waals surface area contributed by atoms with Crippen molar-refractivity contribution in [3.63, 3.8) is 0 Å². The number of halogens is 2. The third kappa shape index (κ3) is 6.01. The molecular weight excluding hydrogens is 615 g/mol. The highest BCUT2D eigenvalue weighted by Crippen LogP contribution is 2.45. The van der Waals surface area contributed by atoms with Gasteiger partial charge in [0.05, 0.1) is 12.5 Å². The average molecular weight is 642 g/mol. The van der Waals surface area contributed by atoms with E-state index < -0.39 is 11.9 Å². The number of carbonyl (C=O) groups excluding carboxylic acids is 1. The van der Waals surface area contributed by atoms with E-state index in [1.807, 2.05) is 31.2 Å². The van der Waals surface area contributed by atoms with Crippen LogP contribution in [-0.2, 0) is 6.61 Å². The molecule has 8 nitrogen and oxygen atoms in total. The van der Waals surface area contributed by atoms with Crippen molar-refractivity contribution in [2.45, 2.75) is 26.4 Å². The van der Waals surface area contributed by atoms with Crippen LogP contribution in [-0.4, -0.2) is 12.6 Å². The standard InChI is InChI=1S/C35H26Cl2N2O6/c1-3-41-31-14-21(6-12-29(31)42-18-20-4-7-22(36)8-5-20)32-25-11-10-24(16-30(25)45-34(39)27(32)17-38)43-35(40)33-19(2)26-15-23(37)9-13-28(26)44-33/h4-16,32H,3,18,39H2,1-2H3. The van der Waals surface area contributed by atoms with E-state index in [1.165, 1.54) is 0 Å². The Morgan fingerprint density at radius 1 is 0.956 bits per heavy atom. The Kier molecular flexibility index (Phi) is 8.31. The maximum absolute atomic E-state index is 13.1. The summed E-state index contributed by atoms with van der Waals surface area (Å²) in [5.74, 6) is 0.380. The molecule has 4 aromatic carbocycles. The number of esters is 1. The van der Waals surface area contributed by atoms with E-state index in [9.17, 15) is 10.1 Å². The van der Waals surface area contributed by atoms with Gasteiger partial charge in [0.1, 0.15) is 35.3 Å². The zero-order valence-corrected chi connectivity index (χ0v) is 25.7. The number of nitrogens with two attached hydrogens (primary N) is 1. The highest BCUT2D eigenvalue weighted by Gasteiger charge is 2.32. The van der Waals surface area contributed by atoms with Crippen LogP contribution in [0.15, 0.2) is 94.7 Å². The molecule has 0 spiro atoms. The predicted octanol–water partition coefficient (Wildman–Crippen LogP) is 8.46. The summed E-state index contributed by atoms with van der Waals surface area (Å²) in [7, 11) is 0. The van der Waals surface area contributed by atoms with E-state index in [0.717, 1.165) is 16.5 Å². The number of carbonyl (C=O) groups is 1. The summed E-state index contributed by atoms with van der Waals surface area (Å²) in [6.45, 7) is 4.36. The van der Waals surface area contributed by atoms with E-state index in [0.29, 0.717) is 57.2 Å². The number of rotatable bonds is 8. The molecule has 2 heterocycles. The molecule has 0 amide bonds. The molecule has 45 heavy (non-hydrogen) atoms. The smallest absolute Gasteiger partial charge is 0.379 e.